The van der Waals surface area contributed by atoms with Crippen LogP contribution in [0.2, 0.25) is 0 Å². The monoisotopic (exact) mass is 418 g/mol. The molecular weight excluding hydrogens is 396 g/mol. The van der Waals surface area contributed by atoms with Gasteiger partial charge in [-0.2, -0.15) is 0 Å². The SMILES string of the molecule is O=C(OCc1ccccc1[N+](=O)[O-])C1CCN(C(=O)c2cccc3ccccc23)CC1. The average Bonchev–Trinajstić information content (AvgIpc) is 2.82. The maximum Gasteiger partial charge on any atom is 0.309 e. The van der Waals surface area contributed by atoms with E-state index in [0.29, 0.717) is 37.1 Å². The fourth-order valence-electron chi connectivity index (χ4n) is 3.98. The van der Waals surface area contributed by atoms with Gasteiger partial charge in [-0.25, -0.2) is 0 Å². The van der Waals surface area contributed by atoms with Gasteiger partial charge < -0.3 is 9.64 Å². The lowest BCUT2D eigenvalue weighted by atomic mass is 9.95. The van der Waals surface area contributed by atoms with Crippen molar-refractivity contribution in [2.75, 3.05) is 13.1 Å². The molecule has 0 spiro atoms. The zero-order chi connectivity index (χ0) is 21.8. The summed E-state index contributed by atoms with van der Waals surface area (Å²) in [6.07, 6.45) is 1.01. The molecule has 1 fully saturated rings. The molecule has 158 valence electrons. The van der Waals surface area contributed by atoms with Crippen molar-refractivity contribution in [1.82, 2.24) is 4.90 Å². The summed E-state index contributed by atoms with van der Waals surface area (Å²) in [5.41, 5.74) is 0.964. The maximum atomic E-state index is 13.0. The largest absolute Gasteiger partial charge is 0.460 e. The maximum absolute atomic E-state index is 13.0. The molecular formula is C24H22N2O5. The third kappa shape index (κ3) is 4.40. The van der Waals surface area contributed by atoms with E-state index in [9.17, 15) is 19.7 Å². The van der Waals surface area contributed by atoms with Gasteiger partial charge in [0.25, 0.3) is 11.6 Å². The van der Waals surface area contributed by atoms with Gasteiger partial charge in [-0.05, 0) is 35.7 Å². The number of fused-ring (bicyclic) bond motifs is 1. The molecule has 0 bridgehead atoms. The van der Waals surface area contributed by atoms with Crippen LogP contribution in [0.3, 0.4) is 0 Å². The zero-order valence-corrected chi connectivity index (χ0v) is 16.9. The topological polar surface area (TPSA) is 89.8 Å². The minimum atomic E-state index is -0.486. The Kier molecular flexibility index (Phi) is 5.93. The second kappa shape index (κ2) is 8.95. The number of amides is 1. The fraction of sp³-hybridized carbons (Fsp3) is 0.250. The molecule has 1 amide bonds. The Labute approximate surface area is 179 Å². The van der Waals surface area contributed by atoms with Crippen LogP contribution in [0.15, 0.2) is 66.7 Å². The number of rotatable bonds is 5. The third-order valence-electron chi connectivity index (χ3n) is 5.69. The van der Waals surface area contributed by atoms with E-state index in [0.717, 1.165) is 10.8 Å². The lowest BCUT2D eigenvalue weighted by molar-refractivity contribution is -0.385. The van der Waals surface area contributed by atoms with Crippen molar-refractivity contribution in [3.05, 3.63) is 88.0 Å². The normalized spacial score (nSPS) is 14.4. The predicted molar refractivity (Wildman–Crippen MR) is 115 cm³/mol. The van der Waals surface area contributed by atoms with E-state index in [-0.39, 0.29) is 30.1 Å². The van der Waals surface area contributed by atoms with Crippen molar-refractivity contribution in [3.8, 4) is 0 Å². The summed E-state index contributed by atoms with van der Waals surface area (Å²) in [4.78, 5) is 37.9. The van der Waals surface area contributed by atoms with Gasteiger partial charge >= 0.3 is 5.97 Å². The number of benzene rings is 3. The Balaban J connectivity index is 1.36. The van der Waals surface area contributed by atoms with E-state index < -0.39 is 4.92 Å². The summed E-state index contributed by atoms with van der Waals surface area (Å²) >= 11 is 0. The molecule has 0 N–H and O–H groups in total. The second-order valence-electron chi connectivity index (χ2n) is 7.59. The number of carbonyl (C=O) groups is 2. The van der Waals surface area contributed by atoms with Gasteiger partial charge in [-0.3, -0.25) is 19.7 Å². The molecule has 3 aromatic rings. The van der Waals surface area contributed by atoms with Crippen molar-refractivity contribution in [2.45, 2.75) is 19.4 Å². The number of likely N-dealkylation sites (tertiary alicyclic amines) is 1. The minimum Gasteiger partial charge on any atom is -0.460 e. The van der Waals surface area contributed by atoms with Crippen LogP contribution in [0.25, 0.3) is 10.8 Å². The van der Waals surface area contributed by atoms with Crippen molar-refractivity contribution in [3.63, 3.8) is 0 Å². The molecule has 0 aliphatic carbocycles. The van der Waals surface area contributed by atoms with Gasteiger partial charge in [-0.1, -0.05) is 48.5 Å². The first-order chi connectivity index (χ1) is 15.0. The molecule has 1 saturated heterocycles. The van der Waals surface area contributed by atoms with Crippen LogP contribution in [-0.2, 0) is 16.1 Å². The predicted octanol–water partition coefficient (Wildman–Crippen LogP) is 4.34. The number of nitrogens with zero attached hydrogens (tertiary/aromatic N) is 2. The molecule has 7 nitrogen and oxygen atoms in total. The first kappa shape index (κ1) is 20.5. The van der Waals surface area contributed by atoms with E-state index in [4.69, 9.17) is 4.74 Å². The Hall–Kier alpha value is -3.74. The smallest absolute Gasteiger partial charge is 0.309 e. The Morgan fingerprint density at radius 1 is 0.968 bits per heavy atom. The van der Waals surface area contributed by atoms with Crippen molar-refractivity contribution >= 4 is 28.3 Å². The Bertz CT molecular complexity index is 1130. The van der Waals surface area contributed by atoms with Crippen LogP contribution in [-0.4, -0.2) is 34.8 Å². The molecule has 0 atom stereocenters. The Morgan fingerprint density at radius 3 is 2.42 bits per heavy atom. The van der Waals surface area contributed by atoms with E-state index >= 15 is 0 Å². The van der Waals surface area contributed by atoms with Crippen LogP contribution in [0, 0.1) is 16.0 Å². The molecule has 1 aliphatic rings. The van der Waals surface area contributed by atoms with Crippen LogP contribution >= 0.6 is 0 Å². The number of nitro benzene ring substituents is 1. The molecule has 4 rings (SSSR count). The van der Waals surface area contributed by atoms with Gasteiger partial charge in [0, 0.05) is 24.7 Å². The van der Waals surface area contributed by atoms with Crippen LogP contribution < -0.4 is 0 Å². The summed E-state index contributed by atoms with van der Waals surface area (Å²) in [5.74, 6) is -0.738. The fourth-order valence-corrected chi connectivity index (χ4v) is 3.98. The molecule has 3 aromatic carbocycles. The molecule has 1 heterocycles. The van der Waals surface area contributed by atoms with Gasteiger partial charge in [0.05, 0.1) is 16.4 Å². The van der Waals surface area contributed by atoms with Gasteiger partial charge in [-0.15, -0.1) is 0 Å². The van der Waals surface area contributed by atoms with Crippen LogP contribution in [0.5, 0.6) is 0 Å². The standard InChI is InChI=1S/C24H22N2O5/c27-23(21-10-5-8-17-6-1-3-9-20(17)21)25-14-12-18(13-15-25)24(28)31-16-19-7-2-4-11-22(19)26(29)30/h1-11,18H,12-16H2. The highest BCUT2D eigenvalue weighted by Gasteiger charge is 2.29. The van der Waals surface area contributed by atoms with Gasteiger partial charge in [0.15, 0.2) is 0 Å². The highest BCUT2D eigenvalue weighted by Crippen LogP contribution is 2.25. The molecule has 1 aliphatic heterocycles. The van der Waals surface area contributed by atoms with Crippen molar-refractivity contribution < 1.29 is 19.2 Å². The lowest BCUT2D eigenvalue weighted by Crippen LogP contribution is -2.40. The molecule has 0 aromatic heterocycles. The summed E-state index contributed by atoms with van der Waals surface area (Å²) in [6.45, 7) is 0.797. The number of esters is 1. The number of ether oxygens (including phenoxy) is 1. The van der Waals surface area contributed by atoms with E-state index in [1.54, 1.807) is 23.1 Å². The minimum absolute atomic E-state index is 0.0384. The summed E-state index contributed by atoms with van der Waals surface area (Å²) in [7, 11) is 0. The average molecular weight is 418 g/mol. The highest BCUT2D eigenvalue weighted by atomic mass is 16.6. The number of carbonyl (C=O) groups excluding carboxylic acids is 2. The van der Waals surface area contributed by atoms with E-state index in [1.165, 1.54) is 6.07 Å². The van der Waals surface area contributed by atoms with Crippen LogP contribution in [0.4, 0.5) is 5.69 Å². The number of hydrogen-bond acceptors (Lipinski definition) is 5. The van der Waals surface area contributed by atoms with Gasteiger partial charge in [0.1, 0.15) is 6.61 Å². The molecule has 7 heteroatoms. The first-order valence-corrected chi connectivity index (χ1v) is 10.2. The van der Waals surface area contributed by atoms with Crippen molar-refractivity contribution in [1.29, 1.82) is 0 Å². The van der Waals surface area contributed by atoms with Crippen molar-refractivity contribution in [2.24, 2.45) is 5.92 Å². The highest BCUT2D eigenvalue weighted by molar-refractivity contribution is 6.07. The molecule has 0 radical (unpaired) electrons. The third-order valence-corrected chi connectivity index (χ3v) is 5.69. The Morgan fingerprint density at radius 2 is 1.65 bits per heavy atom. The zero-order valence-electron chi connectivity index (χ0n) is 16.9. The number of piperidine rings is 1. The first-order valence-electron chi connectivity index (χ1n) is 10.2. The number of nitro groups is 1. The summed E-state index contributed by atoms with van der Waals surface area (Å²) < 4.78 is 5.35. The summed E-state index contributed by atoms with van der Waals surface area (Å²) in [6, 6.07) is 19.7. The number of hydrogen-bond donors (Lipinski definition) is 0. The van der Waals surface area contributed by atoms with Crippen LogP contribution in [0.1, 0.15) is 28.8 Å². The lowest BCUT2D eigenvalue weighted by Gasteiger charge is -2.31. The molecule has 0 unspecified atom stereocenters. The second-order valence-corrected chi connectivity index (χ2v) is 7.59. The molecule has 0 saturated carbocycles. The number of para-hydroxylation sites is 1. The van der Waals surface area contributed by atoms with E-state index in [1.807, 2.05) is 42.5 Å². The van der Waals surface area contributed by atoms with E-state index in [2.05, 4.69) is 0 Å². The quantitative estimate of drug-likeness (QED) is 0.349. The molecule has 31 heavy (non-hydrogen) atoms. The summed E-state index contributed by atoms with van der Waals surface area (Å²) in [5, 5.41) is 13.0. The van der Waals surface area contributed by atoms with Gasteiger partial charge in [0.2, 0.25) is 0 Å².